The molecule has 1 saturated heterocycles. The van der Waals surface area contributed by atoms with E-state index >= 15 is 0 Å². The number of carbonyl (C=O) groups is 2. The molecule has 0 saturated carbocycles. The summed E-state index contributed by atoms with van der Waals surface area (Å²) in [4.78, 5) is 26.8. The van der Waals surface area contributed by atoms with Crippen molar-refractivity contribution in [2.75, 3.05) is 13.1 Å². The van der Waals surface area contributed by atoms with E-state index < -0.39 is 6.04 Å². The monoisotopic (exact) mass is 405 g/mol. The van der Waals surface area contributed by atoms with E-state index in [1.165, 1.54) is 0 Å². The van der Waals surface area contributed by atoms with Crippen LogP contribution >= 0.6 is 12.4 Å². The molecule has 0 bridgehead atoms. The molecule has 0 aliphatic carbocycles. The van der Waals surface area contributed by atoms with Gasteiger partial charge < -0.3 is 20.4 Å². The number of hydrogen-bond acceptors (Lipinski definition) is 4. The van der Waals surface area contributed by atoms with Crippen molar-refractivity contribution in [3.05, 3.63) is 59.0 Å². The number of amides is 2. The number of benzene rings is 1. The third-order valence-corrected chi connectivity index (χ3v) is 5.04. The number of halogens is 1. The van der Waals surface area contributed by atoms with E-state index in [9.17, 15) is 9.59 Å². The first-order valence-electron chi connectivity index (χ1n) is 9.40. The van der Waals surface area contributed by atoms with Gasteiger partial charge in [0.2, 0.25) is 5.91 Å². The minimum atomic E-state index is -0.532. The van der Waals surface area contributed by atoms with Gasteiger partial charge in [0.15, 0.2) is 0 Å². The van der Waals surface area contributed by atoms with E-state index in [0.29, 0.717) is 30.8 Å². The van der Waals surface area contributed by atoms with Crippen LogP contribution in [0, 0.1) is 13.8 Å². The van der Waals surface area contributed by atoms with Crippen LogP contribution in [0.2, 0.25) is 0 Å². The summed E-state index contributed by atoms with van der Waals surface area (Å²) >= 11 is 0. The van der Waals surface area contributed by atoms with Crippen LogP contribution in [-0.2, 0) is 11.2 Å². The summed E-state index contributed by atoms with van der Waals surface area (Å²) in [6.45, 7) is 4.83. The maximum absolute atomic E-state index is 12.6. The largest absolute Gasteiger partial charge is 0.466 e. The van der Waals surface area contributed by atoms with Gasteiger partial charge >= 0.3 is 0 Å². The van der Waals surface area contributed by atoms with Crippen molar-refractivity contribution in [3.8, 4) is 0 Å². The van der Waals surface area contributed by atoms with Gasteiger partial charge in [0.1, 0.15) is 11.5 Å². The average molecular weight is 406 g/mol. The Morgan fingerprint density at radius 2 is 1.86 bits per heavy atom. The van der Waals surface area contributed by atoms with E-state index in [1.54, 1.807) is 13.0 Å². The standard InChI is InChI=1S/C21H27N3O3.ClH/c1-14-12-18(15(2)27-14)20(25)23-17-8-10-24(11-9-17)21(26)19(22)13-16-6-4-3-5-7-16;/h3-7,12,17,19H,8-11,13,22H2,1-2H3,(H,23,25);1H/t19-;/m0./s1. The second kappa shape index (κ2) is 9.75. The highest BCUT2D eigenvalue weighted by Gasteiger charge is 2.27. The minimum Gasteiger partial charge on any atom is -0.466 e. The summed E-state index contributed by atoms with van der Waals surface area (Å²) in [6, 6.07) is 11.1. The lowest BCUT2D eigenvalue weighted by Gasteiger charge is -2.33. The van der Waals surface area contributed by atoms with Crippen LogP contribution in [0.1, 0.15) is 40.3 Å². The quantitative estimate of drug-likeness (QED) is 0.800. The van der Waals surface area contributed by atoms with Crippen LogP contribution in [-0.4, -0.2) is 41.9 Å². The highest BCUT2D eigenvalue weighted by molar-refractivity contribution is 5.95. The van der Waals surface area contributed by atoms with Crippen molar-refractivity contribution in [1.29, 1.82) is 0 Å². The number of aryl methyl sites for hydroxylation is 2. The van der Waals surface area contributed by atoms with Crippen LogP contribution in [0.15, 0.2) is 40.8 Å². The zero-order chi connectivity index (χ0) is 19.4. The molecule has 1 aromatic heterocycles. The van der Waals surface area contributed by atoms with Crippen LogP contribution in [0.4, 0.5) is 0 Å². The fourth-order valence-corrected chi connectivity index (χ4v) is 3.55. The average Bonchev–Trinajstić information content (AvgIpc) is 3.01. The van der Waals surface area contributed by atoms with Crippen LogP contribution < -0.4 is 11.1 Å². The van der Waals surface area contributed by atoms with Gasteiger partial charge in [-0.15, -0.1) is 12.4 Å². The second-order valence-electron chi connectivity index (χ2n) is 7.20. The van der Waals surface area contributed by atoms with Crippen LogP contribution in [0.3, 0.4) is 0 Å². The lowest BCUT2D eigenvalue weighted by atomic mass is 10.0. The summed E-state index contributed by atoms with van der Waals surface area (Å²) in [6.07, 6.45) is 1.99. The summed E-state index contributed by atoms with van der Waals surface area (Å²) in [7, 11) is 0. The predicted molar refractivity (Wildman–Crippen MR) is 111 cm³/mol. The fourth-order valence-electron chi connectivity index (χ4n) is 3.55. The van der Waals surface area contributed by atoms with Gasteiger partial charge in [0.25, 0.3) is 5.91 Å². The van der Waals surface area contributed by atoms with Crippen molar-refractivity contribution in [2.45, 2.75) is 45.2 Å². The Morgan fingerprint density at radius 3 is 2.43 bits per heavy atom. The molecule has 1 fully saturated rings. The summed E-state index contributed by atoms with van der Waals surface area (Å²) < 4.78 is 5.42. The Morgan fingerprint density at radius 1 is 1.21 bits per heavy atom. The first kappa shape index (κ1) is 22.0. The van der Waals surface area contributed by atoms with Crippen molar-refractivity contribution in [1.82, 2.24) is 10.2 Å². The molecule has 7 heteroatoms. The van der Waals surface area contributed by atoms with Gasteiger partial charge in [-0.05, 0) is 44.7 Å². The molecule has 0 unspecified atom stereocenters. The van der Waals surface area contributed by atoms with Crippen LogP contribution in [0.5, 0.6) is 0 Å². The van der Waals surface area contributed by atoms with E-state index in [0.717, 1.165) is 24.2 Å². The van der Waals surface area contributed by atoms with Crippen molar-refractivity contribution < 1.29 is 14.0 Å². The molecule has 2 aromatic rings. The Labute approximate surface area is 171 Å². The topological polar surface area (TPSA) is 88.6 Å². The number of nitrogens with one attached hydrogen (secondary N) is 1. The molecule has 1 atom stereocenters. The molecule has 1 aromatic carbocycles. The predicted octanol–water partition coefficient (Wildman–Crippen LogP) is 2.61. The third kappa shape index (κ3) is 5.36. The van der Waals surface area contributed by atoms with Gasteiger partial charge in [-0.25, -0.2) is 0 Å². The van der Waals surface area contributed by atoms with Gasteiger partial charge in [-0.1, -0.05) is 30.3 Å². The number of nitrogens with zero attached hydrogens (tertiary/aromatic N) is 1. The molecule has 28 heavy (non-hydrogen) atoms. The fraction of sp³-hybridized carbons (Fsp3) is 0.429. The number of likely N-dealkylation sites (tertiary alicyclic amines) is 1. The zero-order valence-corrected chi connectivity index (χ0v) is 17.1. The molecule has 0 spiro atoms. The molecular formula is C21H28ClN3O3. The molecule has 2 heterocycles. The smallest absolute Gasteiger partial charge is 0.255 e. The van der Waals surface area contributed by atoms with E-state index in [2.05, 4.69) is 5.32 Å². The lowest BCUT2D eigenvalue weighted by Crippen LogP contribution is -2.51. The van der Waals surface area contributed by atoms with Crippen molar-refractivity contribution in [2.24, 2.45) is 5.73 Å². The zero-order valence-electron chi connectivity index (χ0n) is 16.3. The van der Waals surface area contributed by atoms with E-state index in [4.69, 9.17) is 10.2 Å². The van der Waals surface area contributed by atoms with Crippen LogP contribution in [0.25, 0.3) is 0 Å². The highest BCUT2D eigenvalue weighted by atomic mass is 35.5. The maximum Gasteiger partial charge on any atom is 0.255 e. The number of nitrogens with two attached hydrogens (primary N) is 1. The molecule has 3 N–H and O–H groups in total. The molecule has 152 valence electrons. The van der Waals surface area contributed by atoms with Crippen molar-refractivity contribution in [3.63, 3.8) is 0 Å². The maximum atomic E-state index is 12.6. The normalized spacial score (nSPS) is 15.6. The Kier molecular flexibility index (Phi) is 7.66. The molecule has 2 amide bonds. The number of carbonyl (C=O) groups excluding carboxylic acids is 2. The SMILES string of the molecule is Cc1cc(C(=O)NC2CCN(C(=O)[C@@H](N)Cc3ccccc3)CC2)c(C)o1.Cl. The summed E-state index contributed by atoms with van der Waals surface area (Å²) in [5.74, 6) is 1.22. The van der Waals surface area contributed by atoms with Gasteiger partial charge in [-0.2, -0.15) is 0 Å². The third-order valence-electron chi connectivity index (χ3n) is 5.04. The molecule has 0 radical (unpaired) electrons. The first-order valence-corrected chi connectivity index (χ1v) is 9.40. The van der Waals surface area contributed by atoms with Gasteiger partial charge in [-0.3, -0.25) is 9.59 Å². The summed E-state index contributed by atoms with van der Waals surface area (Å²) in [5.41, 5.74) is 7.76. The number of furan rings is 1. The lowest BCUT2D eigenvalue weighted by molar-refractivity contribution is -0.133. The minimum absolute atomic E-state index is 0. The first-order chi connectivity index (χ1) is 12.9. The highest BCUT2D eigenvalue weighted by Crippen LogP contribution is 2.16. The van der Waals surface area contributed by atoms with Gasteiger partial charge in [0.05, 0.1) is 11.6 Å². The Bertz CT molecular complexity index is 798. The van der Waals surface area contributed by atoms with E-state index in [1.807, 2.05) is 42.2 Å². The molecule has 6 nitrogen and oxygen atoms in total. The number of rotatable bonds is 5. The molecular weight excluding hydrogens is 378 g/mol. The number of hydrogen-bond donors (Lipinski definition) is 2. The van der Waals surface area contributed by atoms with Gasteiger partial charge in [0, 0.05) is 19.1 Å². The van der Waals surface area contributed by atoms with Crippen molar-refractivity contribution >= 4 is 24.2 Å². The summed E-state index contributed by atoms with van der Waals surface area (Å²) in [5, 5.41) is 3.05. The Balaban J connectivity index is 0.00000280. The molecule has 1 aliphatic rings. The Hall–Kier alpha value is -2.31. The number of piperidine rings is 1. The molecule has 3 rings (SSSR count). The molecule has 1 aliphatic heterocycles. The van der Waals surface area contributed by atoms with E-state index in [-0.39, 0.29) is 30.3 Å². The second-order valence-corrected chi connectivity index (χ2v) is 7.20.